The molecule has 27 heavy (non-hydrogen) atoms. The Labute approximate surface area is 159 Å². The lowest BCUT2D eigenvalue weighted by atomic mass is 10.1. The fourth-order valence-corrected chi connectivity index (χ4v) is 3.79. The van der Waals surface area contributed by atoms with Gasteiger partial charge in [0.05, 0.1) is 5.69 Å². The number of nitrogens with zero attached hydrogens (tertiary/aromatic N) is 4. The van der Waals surface area contributed by atoms with Crippen LogP contribution in [0.2, 0.25) is 0 Å². The van der Waals surface area contributed by atoms with Gasteiger partial charge >= 0.3 is 6.03 Å². The van der Waals surface area contributed by atoms with Crippen molar-refractivity contribution in [2.45, 2.75) is 20.8 Å². The second kappa shape index (κ2) is 6.95. The van der Waals surface area contributed by atoms with Crippen molar-refractivity contribution in [3.05, 3.63) is 59.5 Å². The zero-order valence-corrected chi connectivity index (χ0v) is 16.1. The number of aromatic nitrogens is 2. The fraction of sp³-hybridized carbons (Fsp3) is 0.333. The lowest BCUT2D eigenvalue weighted by Crippen LogP contribution is -2.50. The summed E-state index contributed by atoms with van der Waals surface area (Å²) < 4.78 is 1.93. The minimum atomic E-state index is -0.0471. The van der Waals surface area contributed by atoms with E-state index in [0.29, 0.717) is 13.1 Å². The summed E-state index contributed by atoms with van der Waals surface area (Å²) in [5.74, 6) is 0. The van der Waals surface area contributed by atoms with Crippen LogP contribution in [0.15, 0.2) is 42.9 Å². The van der Waals surface area contributed by atoms with Gasteiger partial charge in [0, 0.05) is 50.5 Å². The Kier molecular flexibility index (Phi) is 4.48. The molecule has 0 unspecified atom stereocenters. The van der Waals surface area contributed by atoms with Crippen molar-refractivity contribution in [1.29, 1.82) is 0 Å². The number of imidazole rings is 1. The first-order valence-corrected chi connectivity index (χ1v) is 9.33. The van der Waals surface area contributed by atoms with Crippen LogP contribution < -0.4 is 10.2 Å². The van der Waals surface area contributed by atoms with E-state index in [2.05, 4.69) is 47.2 Å². The van der Waals surface area contributed by atoms with E-state index in [9.17, 15) is 4.79 Å². The maximum atomic E-state index is 12.7. The smallest absolute Gasteiger partial charge is 0.322 e. The van der Waals surface area contributed by atoms with Crippen LogP contribution in [0.1, 0.15) is 16.7 Å². The third-order valence-electron chi connectivity index (χ3n) is 5.18. The number of pyridine rings is 1. The molecule has 1 aliphatic heterocycles. The summed E-state index contributed by atoms with van der Waals surface area (Å²) in [4.78, 5) is 21.2. The topological polar surface area (TPSA) is 52.9 Å². The predicted molar refractivity (Wildman–Crippen MR) is 109 cm³/mol. The third kappa shape index (κ3) is 3.47. The Bertz CT molecular complexity index is 985. The summed E-state index contributed by atoms with van der Waals surface area (Å²) in [6.07, 6.45) is 5.56. The van der Waals surface area contributed by atoms with Crippen molar-refractivity contribution in [2.75, 3.05) is 36.4 Å². The summed E-state index contributed by atoms with van der Waals surface area (Å²) in [6.45, 7) is 9.38. The number of hydrogen-bond donors (Lipinski definition) is 1. The van der Waals surface area contributed by atoms with Gasteiger partial charge in [-0.05, 0) is 44.0 Å². The second-order valence-electron chi connectivity index (χ2n) is 7.26. The zero-order chi connectivity index (χ0) is 19.0. The van der Waals surface area contributed by atoms with Crippen molar-refractivity contribution in [3.8, 4) is 0 Å². The number of carbonyl (C=O) groups is 1. The van der Waals surface area contributed by atoms with Crippen molar-refractivity contribution in [2.24, 2.45) is 0 Å². The SMILES string of the molecule is Cc1ccc(N2CCN(C(=O)Nc3cc(C)c4nccn4c3)CC2)c(C)c1. The summed E-state index contributed by atoms with van der Waals surface area (Å²) in [7, 11) is 0. The van der Waals surface area contributed by atoms with Gasteiger partial charge < -0.3 is 19.5 Å². The van der Waals surface area contributed by atoms with Gasteiger partial charge in [0.25, 0.3) is 0 Å². The van der Waals surface area contributed by atoms with Crippen molar-refractivity contribution < 1.29 is 4.79 Å². The number of rotatable bonds is 2. The Hall–Kier alpha value is -3.02. The van der Waals surface area contributed by atoms with E-state index in [1.807, 2.05) is 34.7 Å². The molecule has 4 rings (SSSR count). The monoisotopic (exact) mass is 363 g/mol. The number of nitrogens with one attached hydrogen (secondary N) is 1. The van der Waals surface area contributed by atoms with Crippen LogP contribution in [-0.2, 0) is 0 Å². The first-order valence-electron chi connectivity index (χ1n) is 9.33. The molecule has 0 spiro atoms. The summed E-state index contributed by atoms with van der Waals surface area (Å²) in [6, 6.07) is 8.46. The van der Waals surface area contributed by atoms with E-state index in [1.54, 1.807) is 6.20 Å². The normalized spacial score (nSPS) is 14.6. The van der Waals surface area contributed by atoms with Gasteiger partial charge in [-0.2, -0.15) is 0 Å². The van der Waals surface area contributed by atoms with Gasteiger partial charge in [0.1, 0.15) is 5.65 Å². The minimum Gasteiger partial charge on any atom is -0.368 e. The summed E-state index contributed by atoms with van der Waals surface area (Å²) in [5, 5.41) is 3.03. The molecule has 0 atom stereocenters. The highest BCUT2D eigenvalue weighted by Crippen LogP contribution is 2.23. The van der Waals surface area contributed by atoms with Crippen LogP contribution in [0.4, 0.5) is 16.2 Å². The highest BCUT2D eigenvalue weighted by molar-refractivity contribution is 5.89. The number of carbonyl (C=O) groups excluding carboxylic acids is 1. The molecule has 0 saturated carbocycles. The third-order valence-corrected chi connectivity index (χ3v) is 5.18. The van der Waals surface area contributed by atoms with Gasteiger partial charge in [-0.1, -0.05) is 17.7 Å². The number of anilines is 2. The Balaban J connectivity index is 1.40. The molecule has 6 heteroatoms. The maximum Gasteiger partial charge on any atom is 0.322 e. The molecule has 3 aromatic rings. The van der Waals surface area contributed by atoms with Gasteiger partial charge in [0.15, 0.2) is 0 Å². The Morgan fingerprint density at radius 3 is 2.56 bits per heavy atom. The number of fused-ring (bicyclic) bond motifs is 1. The van der Waals surface area contributed by atoms with E-state index >= 15 is 0 Å². The lowest BCUT2D eigenvalue weighted by molar-refractivity contribution is 0.208. The molecule has 3 heterocycles. The zero-order valence-electron chi connectivity index (χ0n) is 16.1. The number of hydrogen-bond acceptors (Lipinski definition) is 3. The summed E-state index contributed by atoms with van der Waals surface area (Å²) in [5.41, 5.74) is 6.57. The van der Waals surface area contributed by atoms with E-state index in [-0.39, 0.29) is 6.03 Å². The highest BCUT2D eigenvalue weighted by Gasteiger charge is 2.22. The Morgan fingerprint density at radius 1 is 1.04 bits per heavy atom. The number of piperazine rings is 1. The molecule has 2 amide bonds. The summed E-state index contributed by atoms with van der Waals surface area (Å²) >= 11 is 0. The number of benzene rings is 1. The largest absolute Gasteiger partial charge is 0.368 e. The number of amides is 2. The van der Waals surface area contributed by atoms with Crippen LogP contribution >= 0.6 is 0 Å². The molecule has 0 radical (unpaired) electrons. The molecule has 1 aliphatic rings. The quantitative estimate of drug-likeness (QED) is 0.757. The molecule has 6 nitrogen and oxygen atoms in total. The highest BCUT2D eigenvalue weighted by atomic mass is 16.2. The minimum absolute atomic E-state index is 0.0471. The maximum absolute atomic E-state index is 12.7. The first kappa shape index (κ1) is 17.4. The standard InChI is InChI=1S/C21H25N5O/c1-15-4-5-19(16(2)12-15)24-8-10-25(11-9-24)21(27)23-18-13-17(3)20-22-6-7-26(20)14-18/h4-7,12-14H,8-11H2,1-3H3,(H,23,27). The molecular formula is C21H25N5O. The molecule has 1 N–H and O–H groups in total. The van der Waals surface area contributed by atoms with Crippen LogP contribution in [0.3, 0.4) is 0 Å². The van der Waals surface area contributed by atoms with Crippen molar-refractivity contribution in [3.63, 3.8) is 0 Å². The van der Waals surface area contributed by atoms with Gasteiger partial charge in [-0.15, -0.1) is 0 Å². The van der Waals surface area contributed by atoms with Gasteiger partial charge in [-0.25, -0.2) is 9.78 Å². The van der Waals surface area contributed by atoms with Crippen molar-refractivity contribution >= 4 is 23.1 Å². The van der Waals surface area contributed by atoms with Gasteiger partial charge in [-0.3, -0.25) is 0 Å². The van der Waals surface area contributed by atoms with E-state index in [1.165, 1.54) is 16.8 Å². The molecule has 1 fully saturated rings. The molecule has 1 saturated heterocycles. The van der Waals surface area contributed by atoms with E-state index < -0.39 is 0 Å². The molecular weight excluding hydrogens is 338 g/mol. The predicted octanol–water partition coefficient (Wildman–Crippen LogP) is 3.61. The van der Waals surface area contributed by atoms with Gasteiger partial charge in [0.2, 0.25) is 0 Å². The lowest BCUT2D eigenvalue weighted by Gasteiger charge is -2.36. The molecule has 140 valence electrons. The van der Waals surface area contributed by atoms with E-state index in [4.69, 9.17) is 0 Å². The molecule has 1 aromatic carbocycles. The van der Waals surface area contributed by atoms with Crippen LogP contribution in [0, 0.1) is 20.8 Å². The number of urea groups is 1. The average molecular weight is 363 g/mol. The molecule has 2 aromatic heterocycles. The molecule has 0 bridgehead atoms. The van der Waals surface area contributed by atoms with E-state index in [0.717, 1.165) is 30.0 Å². The molecule has 0 aliphatic carbocycles. The van der Waals surface area contributed by atoms with Crippen molar-refractivity contribution in [1.82, 2.24) is 14.3 Å². The second-order valence-corrected chi connectivity index (χ2v) is 7.26. The Morgan fingerprint density at radius 2 is 1.81 bits per heavy atom. The van der Waals surface area contributed by atoms with Crippen LogP contribution in [0.5, 0.6) is 0 Å². The average Bonchev–Trinajstić information content (AvgIpc) is 3.11. The first-order chi connectivity index (χ1) is 13.0. The fourth-order valence-electron chi connectivity index (χ4n) is 3.79. The van der Waals surface area contributed by atoms with Crippen LogP contribution in [-0.4, -0.2) is 46.5 Å². The van der Waals surface area contributed by atoms with Crippen LogP contribution in [0.25, 0.3) is 5.65 Å². The number of aryl methyl sites for hydroxylation is 3.